The molecule has 8 rings (SSSR count). The molecular weight excluding hydrogens is 1420 g/mol. The van der Waals surface area contributed by atoms with Gasteiger partial charge in [-0.3, -0.25) is 57.5 Å². The van der Waals surface area contributed by atoms with Gasteiger partial charge in [0, 0.05) is 51.3 Å². The maximum Gasteiger partial charge on any atom is 0.246 e. The number of phenolic OH excluding ortho intramolecular Hbond substituents is 1. The molecule has 3 aliphatic heterocycles. The lowest BCUT2D eigenvalue weighted by Gasteiger charge is -2.39. The first-order valence-corrected chi connectivity index (χ1v) is 36.2. The van der Waals surface area contributed by atoms with Crippen molar-refractivity contribution in [3.05, 3.63) is 149 Å². The number of phenols is 1. The second kappa shape index (κ2) is 40.9. The molecule has 4 heterocycles. The number of nitrogens with zero attached hydrogens (tertiary/aromatic N) is 4. The third-order valence-electron chi connectivity index (χ3n) is 18.7. The Labute approximate surface area is 628 Å². The van der Waals surface area contributed by atoms with Crippen molar-refractivity contribution in [3.63, 3.8) is 0 Å². The van der Waals surface area contributed by atoms with E-state index in [1.807, 2.05) is 0 Å². The minimum atomic E-state index is -1.93. The number of nitrogens with two attached hydrogens (primary N) is 3. The number of benzene rings is 4. The van der Waals surface area contributed by atoms with E-state index in [9.17, 15) is 59.1 Å². The summed E-state index contributed by atoms with van der Waals surface area (Å²) in [5, 5.41) is 83.6. The van der Waals surface area contributed by atoms with Crippen LogP contribution >= 0.6 is 0 Å². The first-order chi connectivity index (χ1) is 52.2. The van der Waals surface area contributed by atoms with E-state index in [-0.39, 0.29) is 88.5 Å². The van der Waals surface area contributed by atoms with Crippen LogP contribution < -0.4 is 65.1 Å². The van der Waals surface area contributed by atoms with Crippen molar-refractivity contribution in [2.24, 2.45) is 23.1 Å². The highest BCUT2D eigenvalue weighted by Gasteiger charge is 2.45. The standard InChI is InChI=1S/C74H98N16O19/c1-41(2)32-50-66(100)86-56(36-44-18-10-5-11-19-44)73(107)90-29-13-21-57(90)72(106)85-53(34-43-16-8-4-9-17-43)69(103)82-51(33-42-14-6-3-7-15-42)68(102)84-55(38-60(77)94)71(105)79-49(26-27-59(76)93)65(99)81-52(35-45-22-24-47(92)25-23-45)67(101)83-54(70(104)78-48(20-12-28-75)64(98)80-50)37-46-39-89(88-87-46)30-31-108-74-63(97)62(96)61(95)58(40-91)109-74/h3-11,14-19,22-25,39,41,48-58,61-63,74,91-92,95-97H,12-13,20-21,26-38,40,75H2,1-2H3,(H2,76,93)(H2,77,94)(H,78,104)(H,79,105)(H,80,98)(H,81,99)(H,82,103)(H,83,101)(H,84,102)(H,85,106)(H,86,100)/t48-,49-,50-,51+,52-,53-,54-,55-,56+,57-,58+,61-,62-,63+,74+/m0/s1. The Morgan fingerprint density at radius 2 is 0.982 bits per heavy atom. The predicted molar refractivity (Wildman–Crippen MR) is 388 cm³/mol. The van der Waals surface area contributed by atoms with E-state index < -0.39 is 201 Å². The van der Waals surface area contributed by atoms with Crippen LogP contribution in [0.5, 0.6) is 5.75 Å². The molecule has 3 fully saturated rings. The zero-order chi connectivity index (χ0) is 78.8. The molecule has 4 aromatic carbocycles. The Hall–Kier alpha value is -10.8. The van der Waals surface area contributed by atoms with Crippen molar-refractivity contribution >= 4 is 70.9 Å². The molecule has 0 radical (unpaired) electrons. The van der Waals surface area contributed by atoms with Gasteiger partial charge in [0.05, 0.1) is 31.9 Å². The third kappa shape index (κ3) is 25.1. The number of aromatic hydroxyl groups is 1. The highest BCUT2D eigenvalue weighted by atomic mass is 16.7. The van der Waals surface area contributed by atoms with Crippen LogP contribution in [-0.2, 0) is 106 Å². The molecule has 0 spiro atoms. The summed E-state index contributed by atoms with van der Waals surface area (Å²) in [6, 6.07) is 15.1. The second-order valence-corrected chi connectivity index (χ2v) is 27.7. The largest absolute Gasteiger partial charge is 0.508 e. The number of hydrogen-bond acceptors (Lipinski definition) is 22. The molecule has 35 nitrogen and oxygen atoms in total. The second-order valence-electron chi connectivity index (χ2n) is 27.7. The zero-order valence-corrected chi connectivity index (χ0v) is 60.5. The van der Waals surface area contributed by atoms with Crippen molar-refractivity contribution in [2.45, 2.75) is 195 Å². The molecule has 35 heteroatoms. The maximum atomic E-state index is 15.3. The average molecular weight is 1520 g/mol. The zero-order valence-electron chi connectivity index (χ0n) is 60.5. The molecule has 0 bridgehead atoms. The average Bonchev–Trinajstić information content (AvgIpc) is 1.79. The minimum Gasteiger partial charge on any atom is -0.508 e. The van der Waals surface area contributed by atoms with E-state index in [1.54, 1.807) is 105 Å². The molecule has 0 aliphatic carbocycles. The van der Waals surface area contributed by atoms with E-state index in [0.717, 1.165) is 0 Å². The smallest absolute Gasteiger partial charge is 0.246 e. The van der Waals surface area contributed by atoms with Gasteiger partial charge in [-0.25, -0.2) is 4.68 Å². The summed E-state index contributed by atoms with van der Waals surface area (Å²) in [5.74, 6) is -12.3. The number of primary amides is 2. The number of carbonyl (C=O) groups excluding carboxylic acids is 12. The predicted octanol–water partition coefficient (Wildman–Crippen LogP) is -4.39. The van der Waals surface area contributed by atoms with Gasteiger partial charge in [0.2, 0.25) is 70.9 Å². The SMILES string of the molecule is CC(C)C[C@@H]1NC(=O)[C@H](CCCN)NC(=O)[C@H](Cc2cn(CCO[C@@H]3O[C@H](CO)[C@H](O)[C@H](O)[C@H]3O)nn2)NC(=O)[C@H](Cc2ccc(O)cc2)NC(=O)[C@H](CCC(N)=O)NC(=O)[C@H](CC(N)=O)NC(=O)[C@@H](Cc2ccccc2)NC(=O)[C@H](Cc2ccccc2)NC(=O)[C@@H]2CCCN2C(=O)[C@@H](Cc2ccccc2)NC1=O. The number of ether oxygens (including phenoxy) is 2. The highest BCUT2D eigenvalue weighted by Crippen LogP contribution is 2.24. The molecule has 3 aliphatic rings. The Kier molecular flexibility index (Phi) is 31.5. The number of fused-ring (bicyclic) bond motifs is 1. The van der Waals surface area contributed by atoms with Crippen LogP contribution in [0.3, 0.4) is 0 Å². The van der Waals surface area contributed by atoms with Crippen LogP contribution in [0.15, 0.2) is 121 Å². The van der Waals surface area contributed by atoms with Crippen molar-refractivity contribution in [2.75, 3.05) is 26.3 Å². The van der Waals surface area contributed by atoms with Crippen molar-refractivity contribution in [1.29, 1.82) is 0 Å². The minimum absolute atomic E-state index is 0.00617. The van der Waals surface area contributed by atoms with E-state index in [2.05, 4.69) is 58.2 Å². The summed E-state index contributed by atoms with van der Waals surface area (Å²) in [6.07, 6.45) is -9.79. The Balaban J connectivity index is 1.20. The van der Waals surface area contributed by atoms with Gasteiger partial charge < -0.3 is 105 Å². The van der Waals surface area contributed by atoms with Gasteiger partial charge in [-0.2, -0.15) is 0 Å². The Bertz CT molecular complexity index is 3910. The molecule has 3 saturated heterocycles. The Morgan fingerprint density at radius 3 is 1.49 bits per heavy atom. The number of aromatic nitrogens is 3. The third-order valence-corrected chi connectivity index (χ3v) is 18.7. The van der Waals surface area contributed by atoms with E-state index in [0.29, 0.717) is 28.7 Å². The molecule has 12 amide bonds. The molecule has 0 saturated carbocycles. The number of amides is 12. The van der Waals surface area contributed by atoms with Crippen LogP contribution in [0.1, 0.15) is 93.2 Å². The van der Waals surface area contributed by atoms with Gasteiger partial charge in [-0.1, -0.05) is 122 Å². The van der Waals surface area contributed by atoms with Gasteiger partial charge in [-0.05, 0) is 85.4 Å². The molecule has 5 aromatic rings. The summed E-state index contributed by atoms with van der Waals surface area (Å²) in [5.41, 5.74) is 19.3. The van der Waals surface area contributed by atoms with Gasteiger partial charge in [0.25, 0.3) is 0 Å². The van der Waals surface area contributed by atoms with Gasteiger partial charge in [0.1, 0.15) is 90.6 Å². The highest BCUT2D eigenvalue weighted by molar-refractivity contribution is 6.01. The van der Waals surface area contributed by atoms with Gasteiger partial charge >= 0.3 is 0 Å². The lowest BCUT2D eigenvalue weighted by Crippen LogP contribution is -2.62. The van der Waals surface area contributed by atoms with Crippen LogP contribution in [0, 0.1) is 5.92 Å². The van der Waals surface area contributed by atoms with Crippen LogP contribution in [0.4, 0.5) is 0 Å². The quantitative estimate of drug-likeness (QED) is 0.0262. The fourth-order valence-corrected chi connectivity index (χ4v) is 12.9. The maximum absolute atomic E-state index is 15.3. The topological polar surface area (TPSA) is 545 Å². The summed E-state index contributed by atoms with van der Waals surface area (Å²) in [4.78, 5) is 177. The first-order valence-electron chi connectivity index (χ1n) is 36.2. The number of rotatable bonds is 25. The molecule has 15 atom stereocenters. The fraction of sp³-hybridized carbons (Fsp3) is 0.486. The lowest BCUT2D eigenvalue weighted by molar-refractivity contribution is -0.301. The number of aliphatic hydroxyl groups excluding tert-OH is 4. The number of nitrogens with one attached hydrogen (secondary N) is 9. The van der Waals surface area contributed by atoms with Crippen LogP contribution in [0.25, 0.3) is 0 Å². The number of aliphatic hydroxyl groups is 4. The molecule has 588 valence electrons. The summed E-state index contributed by atoms with van der Waals surface area (Å²) in [6.45, 7) is 2.44. The van der Waals surface area contributed by atoms with Gasteiger partial charge in [0.15, 0.2) is 6.29 Å². The number of hydrogen-bond donors (Lipinski definition) is 17. The molecular formula is C74H98N16O19. The molecule has 20 N–H and O–H groups in total. The van der Waals surface area contributed by atoms with E-state index in [4.69, 9.17) is 26.7 Å². The van der Waals surface area contributed by atoms with Crippen molar-refractivity contribution in [3.8, 4) is 5.75 Å². The monoisotopic (exact) mass is 1510 g/mol. The number of carbonyl (C=O) groups is 12. The summed E-state index contributed by atoms with van der Waals surface area (Å²) >= 11 is 0. The Morgan fingerprint density at radius 1 is 0.541 bits per heavy atom. The fourth-order valence-electron chi connectivity index (χ4n) is 12.9. The van der Waals surface area contributed by atoms with E-state index >= 15 is 24.0 Å². The molecule has 109 heavy (non-hydrogen) atoms. The normalized spacial score (nSPS) is 26.3. The molecule has 0 unspecified atom stereocenters. The first kappa shape index (κ1) is 83.8. The van der Waals surface area contributed by atoms with E-state index in [1.165, 1.54) is 40.0 Å². The molecule has 1 aromatic heterocycles. The van der Waals surface area contributed by atoms with Crippen LogP contribution in [-0.4, -0.2) is 234 Å². The lowest BCUT2D eigenvalue weighted by atomic mass is 9.99. The summed E-state index contributed by atoms with van der Waals surface area (Å²) < 4.78 is 12.3. The summed E-state index contributed by atoms with van der Waals surface area (Å²) in [7, 11) is 0. The van der Waals surface area contributed by atoms with Crippen molar-refractivity contribution < 1.29 is 92.5 Å². The van der Waals surface area contributed by atoms with Gasteiger partial charge in [-0.15, -0.1) is 5.10 Å². The van der Waals surface area contributed by atoms with Crippen molar-refractivity contribution in [1.82, 2.24) is 67.7 Å². The van der Waals surface area contributed by atoms with Crippen LogP contribution in [0.2, 0.25) is 0 Å².